The van der Waals surface area contributed by atoms with Crippen LogP contribution in [0.1, 0.15) is 35.4 Å². The molecule has 1 aliphatic carbocycles. The van der Waals surface area contributed by atoms with Crippen molar-refractivity contribution in [3.63, 3.8) is 0 Å². The Balaban J connectivity index is 1.47. The minimum Gasteiger partial charge on any atom is -0.381 e. The first kappa shape index (κ1) is 13.6. The Morgan fingerprint density at radius 1 is 1.21 bits per heavy atom. The van der Waals surface area contributed by atoms with E-state index in [1.807, 2.05) is 11.3 Å². The van der Waals surface area contributed by atoms with Crippen molar-refractivity contribution in [3.8, 4) is 0 Å². The summed E-state index contributed by atoms with van der Waals surface area (Å²) >= 11 is 1.96. The van der Waals surface area contributed by atoms with Crippen LogP contribution in [0.3, 0.4) is 0 Å². The topological polar surface area (TPSA) is 24.5 Å². The summed E-state index contributed by atoms with van der Waals surface area (Å²) in [5, 5.41) is 3.58. The Labute approximate surface area is 119 Å². The summed E-state index contributed by atoms with van der Waals surface area (Å²) in [7, 11) is 2.25. The van der Waals surface area contributed by atoms with Crippen molar-refractivity contribution in [2.24, 2.45) is 0 Å². The van der Waals surface area contributed by atoms with Crippen LogP contribution < -0.4 is 5.32 Å². The fourth-order valence-electron chi connectivity index (χ4n) is 2.64. The quantitative estimate of drug-likeness (QED) is 0.867. The van der Waals surface area contributed by atoms with Crippen molar-refractivity contribution >= 4 is 11.3 Å². The lowest BCUT2D eigenvalue weighted by Crippen LogP contribution is -2.35. The zero-order chi connectivity index (χ0) is 13.1. The molecule has 1 N–H and O–H groups in total. The Bertz CT molecular complexity index is 397. The molecule has 3 nitrogen and oxygen atoms in total. The number of rotatable bonds is 6. The van der Waals surface area contributed by atoms with E-state index in [2.05, 4.69) is 29.4 Å². The van der Waals surface area contributed by atoms with Crippen LogP contribution in [0.5, 0.6) is 0 Å². The van der Waals surface area contributed by atoms with Crippen molar-refractivity contribution in [1.29, 1.82) is 0 Å². The fraction of sp³-hybridized carbons (Fsp3) is 0.733. The molecule has 0 radical (unpaired) electrons. The van der Waals surface area contributed by atoms with Crippen molar-refractivity contribution in [3.05, 3.63) is 21.9 Å². The van der Waals surface area contributed by atoms with Crippen LogP contribution in [0.25, 0.3) is 0 Å². The summed E-state index contributed by atoms with van der Waals surface area (Å²) in [5.41, 5.74) is 0. The third-order valence-electron chi connectivity index (χ3n) is 4.08. The molecular weight excluding hydrogens is 256 g/mol. The van der Waals surface area contributed by atoms with E-state index in [9.17, 15) is 0 Å². The molecule has 2 aliphatic rings. The van der Waals surface area contributed by atoms with Gasteiger partial charge in [0.1, 0.15) is 0 Å². The number of nitrogens with one attached hydrogen (secondary N) is 1. The van der Waals surface area contributed by atoms with Crippen LogP contribution in [-0.2, 0) is 17.8 Å². The van der Waals surface area contributed by atoms with Crippen LogP contribution in [0.15, 0.2) is 12.1 Å². The minimum absolute atomic E-state index is 0.698. The highest BCUT2D eigenvalue weighted by molar-refractivity contribution is 7.11. The number of hydrogen-bond donors (Lipinski definition) is 1. The molecule has 1 aromatic heterocycles. The Morgan fingerprint density at radius 2 is 1.95 bits per heavy atom. The molecule has 3 rings (SSSR count). The molecule has 1 saturated heterocycles. The van der Waals surface area contributed by atoms with Gasteiger partial charge in [-0.3, -0.25) is 4.90 Å². The van der Waals surface area contributed by atoms with E-state index in [-0.39, 0.29) is 0 Å². The molecule has 2 fully saturated rings. The lowest BCUT2D eigenvalue weighted by atomic mass is 10.1. The molecule has 0 bridgehead atoms. The monoisotopic (exact) mass is 280 g/mol. The Kier molecular flexibility index (Phi) is 4.53. The molecule has 0 aromatic carbocycles. The lowest BCUT2D eigenvalue weighted by molar-refractivity contribution is 0.0410. The summed E-state index contributed by atoms with van der Waals surface area (Å²) in [5.74, 6) is 0. The summed E-state index contributed by atoms with van der Waals surface area (Å²) in [6.07, 6.45) is 5.09. The van der Waals surface area contributed by atoms with Gasteiger partial charge in [0.25, 0.3) is 0 Å². The van der Waals surface area contributed by atoms with Gasteiger partial charge in [-0.15, -0.1) is 11.3 Å². The predicted octanol–water partition coefficient (Wildman–Crippen LogP) is 2.61. The molecule has 106 valence electrons. The number of hydrogen-bond acceptors (Lipinski definition) is 4. The second-order valence-electron chi connectivity index (χ2n) is 5.78. The first-order valence-electron chi connectivity index (χ1n) is 7.40. The summed E-state index contributed by atoms with van der Waals surface area (Å²) in [4.78, 5) is 5.45. The van der Waals surface area contributed by atoms with Gasteiger partial charge >= 0.3 is 0 Å². The number of thiophene rings is 1. The van der Waals surface area contributed by atoms with Gasteiger partial charge < -0.3 is 10.1 Å². The second-order valence-corrected chi connectivity index (χ2v) is 7.03. The maximum Gasteiger partial charge on any atom is 0.0480 e. The molecule has 0 amide bonds. The van der Waals surface area contributed by atoms with Crippen LogP contribution in [-0.4, -0.2) is 37.2 Å². The standard InChI is InChI=1S/C15H24N2OS/c1-17(13-6-8-18-9-7-13)11-15-5-4-14(19-15)10-16-12-2-3-12/h4-5,12-13,16H,2-3,6-11H2,1H3. The third kappa shape index (κ3) is 4.02. The predicted molar refractivity (Wildman–Crippen MR) is 79.5 cm³/mol. The summed E-state index contributed by atoms with van der Waals surface area (Å²) in [6.45, 7) is 3.99. The average Bonchev–Trinajstić information content (AvgIpc) is 3.17. The van der Waals surface area contributed by atoms with Gasteiger partial charge in [0.15, 0.2) is 0 Å². The van der Waals surface area contributed by atoms with Gasteiger partial charge in [0.05, 0.1) is 0 Å². The van der Waals surface area contributed by atoms with Gasteiger partial charge in [-0.05, 0) is 44.9 Å². The first-order valence-corrected chi connectivity index (χ1v) is 8.22. The average molecular weight is 280 g/mol. The molecule has 1 saturated carbocycles. The molecule has 0 unspecified atom stereocenters. The molecule has 4 heteroatoms. The lowest BCUT2D eigenvalue weighted by Gasteiger charge is -2.30. The smallest absolute Gasteiger partial charge is 0.0480 e. The van der Waals surface area contributed by atoms with Crippen LogP contribution in [0.2, 0.25) is 0 Å². The third-order valence-corrected chi connectivity index (χ3v) is 5.15. The maximum absolute atomic E-state index is 5.43. The molecule has 2 heterocycles. The molecular formula is C15H24N2OS. The van der Waals surface area contributed by atoms with Gasteiger partial charge in [-0.2, -0.15) is 0 Å². The van der Waals surface area contributed by atoms with Crippen molar-refractivity contribution in [1.82, 2.24) is 10.2 Å². The molecule has 0 atom stereocenters. The van der Waals surface area contributed by atoms with E-state index in [1.54, 1.807) is 0 Å². The minimum atomic E-state index is 0.698. The van der Waals surface area contributed by atoms with E-state index in [4.69, 9.17) is 4.74 Å². The zero-order valence-corrected chi connectivity index (χ0v) is 12.5. The highest BCUT2D eigenvalue weighted by atomic mass is 32.1. The Hall–Kier alpha value is -0.420. The van der Waals surface area contributed by atoms with E-state index in [0.717, 1.165) is 32.3 Å². The van der Waals surface area contributed by atoms with Gasteiger partial charge in [-0.25, -0.2) is 0 Å². The van der Waals surface area contributed by atoms with Gasteiger partial charge in [0.2, 0.25) is 0 Å². The van der Waals surface area contributed by atoms with E-state index < -0.39 is 0 Å². The first-order chi connectivity index (χ1) is 9.31. The van der Waals surface area contributed by atoms with Gasteiger partial charge in [-0.1, -0.05) is 0 Å². The van der Waals surface area contributed by atoms with Crippen molar-refractivity contribution in [2.45, 2.75) is 50.9 Å². The SMILES string of the molecule is CN(Cc1ccc(CNC2CC2)s1)C1CCOCC1. The summed E-state index contributed by atoms with van der Waals surface area (Å²) < 4.78 is 5.43. The highest BCUT2D eigenvalue weighted by Gasteiger charge is 2.21. The summed E-state index contributed by atoms with van der Waals surface area (Å²) in [6, 6.07) is 6.08. The van der Waals surface area contributed by atoms with Crippen LogP contribution in [0, 0.1) is 0 Å². The van der Waals surface area contributed by atoms with Crippen LogP contribution in [0.4, 0.5) is 0 Å². The van der Waals surface area contributed by atoms with Crippen LogP contribution >= 0.6 is 11.3 Å². The van der Waals surface area contributed by atoms with Crippen molar-refractivity contribution < 1.29 is 4.74 Å². The highest BCUT2D eigenvalue weighted by Crippen LogP contribution is 2.23. The van der Waals surface area contributed by atoms with Crippen molar-refractivity contribution in [2.75, 3.05) is 20.3 Å². The number of ether oxygens (including phenoxy) is 1. The fourth-order valence-corrected chi connectivity index (χ4v) is 3.67. The Morgan fingerprint density at radius 3 is 2.68 bits per heavy atom. The van der Waals surface area contributed by atoms with E-state index >= 15 is 0 Å². The van der Waals surface area contributed by atoms with E-state index in [1.165, 1.54) is 35.4 Å². The molecule has 1 aliphatic heterocycles. The zero-order valence-electron chi connectivity index (χ0n) is 11.7. The van der Waals surface area contributed by atoms with Gasteiger partial charge in [0, 0.05) is 48.1 Å². The maximum atomic E-state index is 5.43. The molecule has 19 heavy (non-hydrogen) atoms. The van der Waals surface area contributed by atoms with E-state index in [0.29, 0.717) is 6.04 Å². The second kappa shape index (κ2) is 6.35. The number of nitrogens with zero attached hydrogens (tertiary/aromatic N) is 1. The normalized spacial score (nSPS) is 21.2. The molecule has 1 aromatic rings. The molecule has 0 spiro atoms. The largest absolute Gasteiger partial charge is 0.381 e.